The molecule has 2 amide bonds. The van der Waals surface area contributed by atoms with Gasteiger partial charge in [0.1, 0.15) is 48.4 Å². The van der Waals surface area contributed by atoms with E-state index in [1.54, 1.807) is 54.4 Å². The van der Waals surface area contributed by atoms with Crippen molar-refractivity contribution in [1.29, 1.82) is 0 Å². The molecule has 50 heavy (non-hydrogen) atoms. The first kappa shape index (κ1) is 34.4. The Balaban J connectivity index is 1.18. The molecule has 1 saturated heterocycles. The molecule has 3 atom stereocenters. The summed E-state index contributed by atoms with van der Waals surface area (Å²) in [7, 11) is 0. The molecule has 16 heteroatoms. The molecule has 1 fully saturated rings. The van der Waals surface area contributed by atoms with Crippen LogP contribution in [0.2, 0.25) is 0 Å². The summed E-state index contributed by atoms with van der Waals surface area (Å²) in [6.45, 7) is 7.96. The molecule has 3 heterocycles. The fraction of sp³-hybridized carbons (Fsp3) is 0.353. The molecule has 3 aromatic carbocycles. The number of hydrogen-bond donors (Lipinski definition) is 2. The topological polar surface area (TPSA) is 159 Å². The highest BCUT2D eigenvalue weighted by Gasteiger charge is 2.47. The van der Waals surface area contributed by atoms with Crippen LogP contribution in [0.15, 0.2) is 66.0 Å². The maximum atomic E-state index is 15.4. The number of β-amino-alcohol motifs (C(OH)–C–C–N with tert-alkyl or cyclic N) is 1. The van der Waals surface area contributed by atoms with Crippen LogP contribution in [0.4, 0.5) is 19.3 Å². The van der Waals surface area contributed by atoms with E-state index >= 15 is 4.39 Å². The molecule has 1 aromatic heterocycles. The van der Waals surface area contributed by atoms with Crippen molar-refractivity contribution < 1.29 is 28.2 Å². The van der Waals surface area contributed by atoms with Gasteiger partial charge in [0.25, 0.3) is 0 Å². The zero-order valence-electron chi connectivity index (χ0n) is 28.1. The van der Waals surface area contributed by atoms with Crippen LogP contribution in [-0.4, -0.2) is 96.8 Å². The smallest absolute Gasteiger partial charge is 0.328 e. The van der Waals surface area contributed by atoms with Gasteiger partial charge in [0.15, 0.2) is 0 Å². The van der Waals surface area contributed by atoms with E-state index in [0.29, 0.717) is 30.2 Å². The summed E-state index contributed by atoms with van der Waals surface area (Å²) in [4.78, 5) is 30.8. The van der Waals surface area contributed by atoms with Gasteiger partial charge >= 0.3 is 12.0 Å². The van der Waals surface area contributed by atoms with Crippen LogP contribution in [0.3, 0.4) is 0 Å². The van der Waals surface area contributed by atoms with E-state index in [9.17, 15) is 19.1 Å². The first-order valence-electron chi connectivity index (χ1n) is 16.0. The zero-order chi connectivity index (χ0) is 35.7. The maximum absolute atomic E-state index is 15.4. The van der Waals surface area contributed by atoms with Crippen LogP contribution in [0.1, 0.15) is 36.1 Å². The lowest BCUT2D eigenvalue weighted by Crippen LogP contribution is -2.55. The van der Waals surface area contributed by atoms with E-state index in [-0.39, 0.29) is 31.4 Å². The van der Waals surface area contributed by atoms with E-state index in [1.165, 1.54) is 22.0 Å². The highest BCUT2D eigenvalue weighted by molar-refractivity contribution is 5.94. The number of amides is 2. The van der Waals surface area contributed by atoms with Crippen molar-refractivity contribution in [2.45, 2.75) is 51.9 Å². The Kier molecular flexibility index (Phi) is 9.49. The van der Waals surface area contributed by atoms with Crippen molar-refractivity contribution in [3.8, 4) is 11.4 Å². The summed E-state index contributed by atoms with van der Waals surface area (Å²) < 4.78 is 36.4. The number of hydrazone groups is 1. The molecule has 3 N–H and O–H groups in total. The number of nitrogens with zero attached hydrogens (tertiary/aromatic N) is 9. The zero-order valence-corrected chi connectivity index (χ0v) is 28.1. The highest BCUT2D eigenvalue weighted by Crippen LogP contribution is 2.35. The molecule has 0 radical (unpaired) electrons. The third-order valence-corrected chi connectivity index (χ3v) is 9.00. The van der Waals surface area contributed by atoms with E-state index < -0.39 is 35.3 Å². The quantitative estimate of drug-likeness (QED) is 0.177. The fourth-order valence-electron chi connectivity index (χ4n) is 6.37. The number of carbonyl (C=O) groups excluding carboxylic acids is 2. The van der Waals surface area contributed by atoms with Crippen LogP contribution in [-0.2, 0) is 16.9 Å². The van der Waals surface area contributed by atoms with Gasteiger partial charge < -0.3 is 25.4 Å². The van der Waals surface area contributed by atoms with Crippen LogP contribution >= 0.6 is 0 Å². The number of aryl methyl sites for hydroxylation is 2. The van der Waals surface area contributed by atoms with Crippen LogP contribution in [0.25, 0.3) is 5.69 Å². The molecule has 0 bridgehead atoms. The molecule has 4 aromatic rings. The monoisotopic (exact) mass is 688 g/mol. The number of hydrogen-bond acceptors (Lipinski definition) is 11. The Bertz CT molecular complexity index is 1880. The van der Waals surface area contributed by atoms with Gasteiger partial charge in [-0.1, -0.05) is 18.2 Å². The standard InChI is InChI=1S/C34H38F2N10O4/c1-21-13-25(14-22(2)31(21)50-32(47)23(3)37)16-42-19-39-43(20-42)17-34(49,29-10-5-26(35)15-30(29)36)24(4)44-11-12-45(33(44)48)27-6-8-28(9-7-27)46-18-38-40-41-46/h5-10,13-15,18-19,23-24,49H,11-12,16-17,20,37H2,1-4H3/t23-,24+,34+/m0/s1. The number of aliphatic hydroxyl groups is 1. The van der Waals surface area contributed by atoms with Gasteiger partial charge in [-0.3, -0.25) is 9.91 Å². The number of aromatic nitrogens is 4. The fourth-order valence-corrected chi connectivity index (χ4v) is 6.37. The summed E-state index contributed by atoms with van der Waals surface area (Å²) in [5, 5.41) is 29.6. The second-order valence-electron chi connectivity index (χ2n) is 12.7. The summed E-state index contributed by atoms with van der Waals surface area (Å²) in [5.74, 6) is -1.78. The number of anilines is 1. The van der Waals surface area contributed by atoms with Crippen LogP contribution in [0.5, 0.6) is 5.75 Å². The number of tetrazole rings is 1. The summed E-state index contributed by atoms with van der Waals surface area (Å²) >= 11 is 0. The molecular weight excluding hydrogens is 650 g/mol. The van der Waals surface area contributed by atoms with Crippen molar-refractivity contribution in [2.24, 2.45) is 10.8 Å². The molecule has 2 aliphatic heterocycles. The Labute approximate surface area is 287 Å². The van der Waals surface area contributed by atoms with Gasteiger partial charge in [-0.05, 0) is 85.1 Å². The minimum absolute atomic E-state index is 0.153. The van der Waals surface area contributed by atoms with Crippen LogP contribution in [0, 0.1) is 25.5 Å². The molecule has 6 rings (SSSR count). The third-order valence-electron chi connectivity index (χ3n) is 9.00. The van der Waals surface area contributed by atoms with Crippen LogP contribution < -0.4 is 15.4 Å². The number of carbonyl (C=O) groups is 2. The Morgan fingerprint density at radius 2 is 1.74 bits per heavy atom. The summed E-state index contributed by atoms with van der Waals surface area (Å²) in [5.41, 5.74) is 7.32. The Hall–Kier alpha value is -5.48. The van der Waals surface area contributed by atoms with Gasteiger partial charge in [-0.25, -0.2) is 23.1 Å². The van der Waals surface area contributed by atoms with E-state index in [4.69, 9.17) is 10.5 Å². The van der Waals surface area contributed by atoms with E-state index in [1.807, 2.05) is 30.9 Å². The molecular formula is C34H38F2N10O4. The summed E-state index contributed by atoms with van der Waals surface area (Å²) in [6.07, 6.45) is 3.07. The number of rotatable bonds is 11. The lowest BCUT2D eigenvalue weighted by atomic mass is 9.85. The second-order valence-corrected chi connectivity index (χ2v) is 12.7. The molecule has 2 aliphatic rings. The van der Waals surface area contributed by atoms with Gasteiger partial charge in [-0.15, -0.1) is 5.10 Å². The lowest BCUT2D eigenvalue weighted by Gasteiger charge is -2.41. The Morgan fingerprint density at radius 1 is 1.04 bits per heavy atom. The first-order chi connectivity index (χ1) is 23.8. The number of halogens is 2. The van der Waals surface area contributed by atoms with Crippen molar-refractivity contribution >= 4 is 24.0 Å². The normalized spacial score (nSPS) is 17.0. The average molecular weight is 689 g/mol. The molecule has 14 nitrogen and oxygen atoms in total. The van der Waals surface area contributed by atoms with Gasteiger partial charge in [0.05, 0.1) is 18.3 Å². The number of esters is 1. The highest BCUT2D eigenvalue weighted by atomic mass is 19.1. The second kappa shape index (κ2) is 13.8. The van der Waals surface area contributed by atoms with Gasteiger partial charge in [0.2, 0.25) is 0 Å². The van der Waals surface area contributed by atoms with Gasteiger partial charge in [-0.2, -0.15) is 5.10 Å². The van der Waals surface area contributed by atoms with Crippen molar-refractivity contribution in [3.05, 3.63) is 94.8 Å². The predicted molar refractivity (Wildman–Crippen MR) is 179 cm³/mol. The number of ether oxygens (including phenoxy) is 1. The maximum Gasteiger partial charge on any atom is 0.328 e. The molecule has 262 valence electrons. The molecule has 0 aliphatic carbocycles. The molecule has 0 spiro atoms. The largest absolute Gasteiger partial charge is 0.425 e. The number of urea groups is 1. The number of benzene rings is 3. The predicted octanol–water partition coefficient (Wildman–Crippen LogP) is 3.05. The molecule has 0 unspecified atom stereocenters. The van der Waals surface area contributed by atoms with E-state index in [2.05, 4.69) is 20.6 Å². The SMILES string of the molecule is Cc1cc(CN2C=NN(C[C@](O)(c3ccc(F)cc3F)[C@@H](C)N3CCN(c4ccc(-n5cnnn5)cc4)C3=O)C2)cc(C)c1OC(=O)[C@H](C)N. The van der Waals surface area contributed by atoms with Crippen molar-refractivity contribution in [3.63, 3.8) is 0 Å². The first-order valence-corrected chi connectivity index (χ1v) is 16.0. The summed E-state index contributed by atoms with van der Waals surface area (Å²) in [6, 6.07) is 11.8. The minimum Gasteiger partial charge on any atom is -0.425 e. The van der Waals surface area contributed by atoms with Crippen molar-refractivity contribution in [1.82, 2.24) is 35.0 Å². The van der Waals surface area contributed by atoms with E-state index in [0.717, 1.165) is 28.8 Å². The Morgan fingerprint density at radius 3 is 2.38 bits per heavy atom. The van der Waals surface area contributed by atoms with Gasteiger partial charge in [0, 0.05) is 37.0 Å². The third kappa shape index (κ3) is 6.84. The van der Waals surface area contributed by atoms with Crippen molar-refractivity contribution in [2.75, 3.05) is 31.2 Å². The average Bonchev–Trinajstić information content (AvgIpc) is 3.84. The lowest BCUT2D eigenvalue weighted by molar-refractivity contribution is -0.135. The minimum atomic E-state index is -1.99. The molecule has 0 saturated carbocycles. The number of nitrogens with two attached hydrogens (primary N) is 1.